The van der Waals surface area contributed by atoms with Crippen LogP contribution in [0.25, 0.3) is 11.1 Å². The fourth-order valence-corrected chi connectivity index (χ4v) is 4.81. The molecule has 1 saturated heterocycles. The van der Waals surface area contributed by atoms with Gasteiger partial charge in [0, 0.05) is 25.3 Å². The Balaban J connectivity index is 0.00000484. The smallest absolute Gasteiger partial charge is 0.416 e. The lowest BCUT2D eigenvalue weighted by atomic mass is 10.0. The number of carbonyl (C=O) groups is 1. The van der Waals surface area contributed by atoms with Crippen LogP contribution in [0.3, 0.4) is 0 Å². The number of halogens is 4. The minimum atomic E-state index is -4.46. The average Bonchev–Trinajstić information content (AvgIpc) is 2.92. The third kappa shape index (κ3) is 9.24. The molecule has 9 nitrogen and oxygen atoms in total. The maximum absolute atomic E-state index is 13.3. The van der Waals surface area contributed by atoms with Crippen molar-refractivity contribution in [3.63, 3.8) is 0 Å². The Morgan fingerprint density at radius 2 is 1.69 bits per heavy atom. The van der Waals surface area contributed by atoms with Gasteiger partial charge in [0.25, 0.3) is 5.91 Å². The van der Waals surface area contributed by atoms with Crippen LogP contribution in [0.4, 0.5) is 24.5 Å². The lowest BCUT2D eigenvalue weighted by Gasteiger charge is -2.26. The molecule has 0 saturated carbocycles. The monoisotopic (exact) mass is 629 g/mol. The van der Waals surface area contributed by atoms with E-state index in [0.717, 1.165) is 38.0 Å². The molecule has 0 aliphatic carbocycles. The van der Waals surface area contributed by atoms with E-state index in [4.69, 9.17) is 9.47 Å². The molecule has 1 aliphatic rings. The topological polar surface area (TPSA) is 117 Å². The Kier molecular flexibility index (Phi) is 11.1. The van der Waals surface area contributed by atoms with Crippen molar-refractivity contribution in [1.82, 2.24) is 4.90 Å². The van der Waals surface area contributed by atoms with Gasteiger partial charge in [-0.3, -0.25) is 14.4 Å². The maximum Gasteiger partial charge on any atom is 0.416 e. The second-order valence-corrected chi connectivity index (χ2v) is 11.3. The molecule has 0 radical (unpaired) electrons. The average molecular weight is 630 g/mol. The van der Waals surface area contributed by atoms with Crippen molar-refractivity contribution >= 4 is 39.7 Å². The largest absolute Gasteiger partial charge is 0.506 e. The van der Waals surface area contributed by atoms with Gasteiger partial charge in [0.1, 0.15) is 11.5 Å². The van der Waals surface area contributed by atoms with Crippen LogP contribution in [0.1, 0.15) is 22.3 Å². The minimum absolute atomic E-state index is 0. The van der Waals surface area contributed by atoms with Gasteiger partial charge in [0.15, 0.2) is 0 Å². The SMILES string of the molecule is CS(=O)(=O)Nc1cc(NC(=O)c2ccc(-c3ccc(C(F)(F)F)cc3)cc2OCCCN2CCOCC2)ccc1O.Cl. The third-order valence-electron chi connectivity index (χ3n) is 6.30. The molecule has 3 aromatic rings. The number of nitrogens with zero attached hydrogens (tertiary/aromatic N) is 1. The summed E-state index contributed by atoms with van der Waals surface area (Å²) < 4.78 is 75.8. The molecule has 0 aromatic heterocycles. The molecule has 3 N–H and O–H groups in total. The Morgan fingerprint density at radius 3 is 2.33 bits per heavy atom. The van der Waals surface area contributed by atoms with Crippen LogP contribution in [0.15, 0.2) is 60.7 Å². The third-order valence-corrected chi connectivity index (χ3v) is 6.89. The molecular formula is C28H31ClF3N3O6S. The molecule has 0 bridgehead atoms. The zero-order chi connectivity index (χ0) is 29.6. The number of nitrogens with one attached hydrogen (secondary N) is 2. The van der Waals surface area contributed by atoms with Crippen LogP contribution in [0.5, 0.6) is 11.5 Å². The van der Waals surface area contributed by atoms with Gasteiger partial charge >= 0.3 is 6.18 Å². The van der Waals surface area contributed by atoms with Crippen molar-refractivity contribution in [2.24, 2.45) is 0 Å². The standard InChI is InChI=1S/C28H30F3N3O6S.ClH/c1-41(37,38)33-24-18-22(8-10-25(24)35)32-27(36)23-9-5-20(19-3-6-21(7-4-19)28(29,30)31)17-26(23)40-14-2-11-34-12-15-39-16-13-34;/h3-10,17-18,33,35H,2,11-16H2,1H3,(H,32,36);1H. The first-order valence-corrected chi connectivity index (χ1v) is 14.6. The van der Waals surface area contributed by atoms with E-state index in [0.29, 0.717) is 30.8 Å². The Labute approximate surface area is 248 Å². The zero-order valence-electron chi connectivity index (χ0n) is 22.6. The summed E-state index contributed by atoms with van der Waals surface area (Å²) in [4.78, 5) is 15.5. The lowest BCUT2D eigenvalue weighted by molar-refractivity contribution is -0.137. The van der Waals surface area contributed by atoms with Gasteiger partial charge in [-0.2, -0.15) is 13.2 Å². The van der Waals surface area contributed by atoms with Crippen molar-refractivity contribution in [1.29, 1.82) is 0 Å². The molecule has 4 rings (SSSR count). The normalized spacial score (nSPS) is 14.1. The van der Waals surface area contributed by atoms with Gasteiger partial charge in [0.2, 0.25) is 10.0 Å². The Bertz CT molecular complexity index is 1480. The number of phenolic OH excluding ortho intramolecular Hbond substituents is 1. The van der Waals surface area contributed by atoms with Crippen LogP contribution in [-0.2, 0) is 20.9 Å². The number of carbonyl (C=O) groups excluding carboxylic acids is 1. The number of hydrogen-bond acceptors (Lipinski definition) is 7. The quantitative estimate of drug-likeness (QED) is 0.160. The van der Waals surface area contributed by atoms with E-state index in [1.807, 2.05) is 0 Å². The number of aromatic hydroxyl groups is 1. The summed E-state index contributed by atoms with van der Waals surface area (Å²) in [7, 11) is -3.68. The van der Waals surface area contributed by atoms with Crippen LogP contribution in [0, 0.1) is 0 Å². The first kappa shape index (κ1) is 33.0. The van der Waals surface area contributed by atoms with Crippen molar-refractivity contribution in [3.05, 3.63) is 71.8 Å². The highest BCUT2D eigenvalue weighted by atomic mass is 35.5. The van der Waals surface area contributed by atoms with Gasteiger partial charge in [0.05, 0.1) is 42.9 Å². The molecule has 1 amide bonds. The number of sulfonamides is 1. The number of morpholine rings is 1. The van der Waals surface area contributed by atoms with E-state index in [1.54, 1.807) is 12.1 Å². The molecule has 42 heavy (non-hydrogen) atoms. The Hall–Kier alpha value is -3.52. The molecule has 1 heterocycles. The number of alkyl halides is 3. The second-order valence-electron chi connectivity index (χ2n) is 9.50. The molecule has 228 valence electrons. The molecular weight excluding hydrogens is 599 g/mol. The van der Waals surface area contributed by atoms with Crippen LogP contribution >= 0.6 is 12.4 Å². The first-order chi connectivity index (χ1) is 19.4. The molecule has 14 heteroatoms. The van der Waals surface area contributed by atoms with Gasteiger partial charge < -0.3 is 19.9 Å². The number of hydrogen-bond donors (Lipinski definition) is 3. The van der Waals surface area contributed by atoms with Gasteiger partial charge in [-0.05, 0) is 60.0 Å². The minimum Gasteiger partial charge on any atom is -0.506 e. The summed E-state index contributed by atoms with van der Waals surface area (Å²) in [6.07, 6.45) is -2.86. The van der Waals surface area contributed by atoms with Gasteiger partial charge in [-0.15, -0.1) is 12.4 Å². The molecule has 1 fully saturated rings. The van der Waals surface area contributed by atoms with Crippen LogP contribution in [-0.4, -0.2) is 70.0 Å². The first-order valence-electron chi connectivity index (χ1n) is 12.8. The number of anilines is 2. The van der Waals surface area contributed by atoms with E-state index in [-0.39, 0.29) is 47.5 Å². The number of amides is 1. The van der Waals surface area contributed by atoms with Crippen molar-refractivity contribution < 1.29 is 41.0 Å². The maximum atomic E-state index is 13.3. The van der Waals surface area contributed by atoms with Gasteiger partial charge in [-0.1, -0.05) is 18.2 Å². The van der Waals surface area contributed by atoms with Gasteiger partial charge in [-0.25, -0.2) is 8.42 Å². The van der Waals surface area contributed by atoms with Crippen molar-refractivity contribution in [3.8, 4) is 22.6 Å². The molecule has 0 atom stereocenters. The molecule has 0 unspecified atom stereocenters. The summed E-state index contributed by atoms with van der Waals surface area (Å²) >= 11 is 0. The number of ether oxygens (including phenoxy) is 2. The number of phenols is 1. The van der Waals surface area contributed by atoms with E-state index in [2.05, 4.69) is 14.9 Å². The van der Waals surface area contributed by atoms with Crippen LogP contribution in [0.2, 0.25) is 0 Å². The van der Waals surface area contributed by atoms with Crippen molar-refractivity contribution in [2.75, 3.05) is 55.7 Å². The fraction of sp³-hybridized carbons (Fsp3) is 0.321. The summed E-state index contributed by atoms with van der Waals surface area (Å²) in [6.45, 7) is 4.03. The predicted octanol–water partition coefficient (Wildman–Crippen LogP) is 5.22. The Morgan fingerprint density at radius 1 is 1.02 bits per heavy atom. The fourth-order valence-electron chi connectivity index (χ4n) is 4.25. The summed E-state index contributed by atoms with van der Waals surface area (Å²) in [6, 6.07) is 13.3. The molecule has 3 aromatic carbocycles. The van der Waals surface area contributed by atoms with E-state index in [1.165, 1.54) is 36.4 Å². The highest BCUT2D eigenvalue weighted by Crippen LogP contribution is 2.33. The summed E-state index contributed by atoms with van der Waals surface area (Å²) in [5, 5.41) is 12.6. The molecule has 1 aliphatic heterocycles. The summed E-state index contributed by atoms with van der Waals surface area (Å²) in [5.74, 6) is -0.656. The zero-order valence-corrected chi connectivity index (χ0v) is 24.2. The van der Waals surface area contributed by atoms with Crippen molar-refractivity contribution in [2.45, 2.75) is 12.6 Å². The van der Waals surface area contributed by atoms with E-state index in [9.17, 15) is 31.5 Å². The van der Waals surface area contributed by atoms with E-state index >= 15 is 0 Å². The number of rotatable bonds is 10. The van der Waals surface area contributed by atoms with Crippen LogP contribution < -0.4 is 14.8 Å². The molecule has 0 spiro atoms. The summed E-state index contributed by atoms with van der Waals surface area (Å²) in [5.41, 5.74) is 0.570. The van der Waals surface area contributed by atoms with E-state index < -0.39 is 27.7 Å². The number of benzene rings is 3. The highest BCUT2D eigenvalue weighted by Gasteiger charge is 2.30. The lowest BCUT2D eigenvalue weighted by Crippen LogP contribution is -2.37. The highest BCUT2D eigenvalue weighted by molar-refractivity contribution is 7.92. The second kappa shape index (κ2) is 14.1. The predicted molar refractivity (Wildman–Crippen MR) is 156 cm³/mol.